The number of nitrogens with one attached hydrogen (secondary N) is 1. The second-order valence-corrected chi connectivity index (χ2v) is 8.07. The van der Waals surface area contributed by atoms with Crippen LogP contribution in [0.25, 0.3) is 0 Å². The number of ether oxygens (including phenoxy) is 1. The van der Waals surface area contributed by atoms with Crippen molar-refractivity contribution in [1.82, 2.24) is 15.1 Å². The lowest BCUT2D eigenvalue weighted by Gasteiger charge is -2.25. The van der Waals surface area contributed by atoms with E-state index in [0.717, 1.165) is 4.90 Å². The summed E-state index contributed by atoms with van der Waals surface area (Å²) >= 11 is 3.04. The number of rotatable bonds is 7. The van der Waals surface area contributed by atoms with E-state index >= 15 is 0 Å². The smallest absolute Gasteiger partial charge is 0.408 e. The zero-order chi connectivity index (χ0) is 20.1. The molecular formula is C17H26BrN3O5. The van der Waals surface area contributed by atoms with E-state index in [1.54, 1.807) is 34.9 Å². The van der Waals surface area contributed by atoms with Gasteiger partial charge >= 0.3 is 6.09 Å². The molecule has 0 unspecified atom stereocenters. The Bertz CT molecular complexity index is 610. The number of halogens is 1. The van der Waals surface area contributed by atoms with Crippen molar-refractivity contribution >= 4 is 39.7 Å². The summed E-state index contributed by atoms with van der Waals surface area (Å²) in [4.78, 5) is 50.2. The first-order valence-electron chi connectivity index (χ1n) is 8.36. The van der Waals surface area contributed by atoms with Crippen LogP contribution in [0.5, 0.6) is 0 Å². The van der Waals surface area contributed by atoms with E-state index in [-0.39, 0.29) is 28.7 Å². The fraction of sp³-hybridized carbons (Fsp3) is 0.647. The van der Waals surface area contributed by atoms with Crippen molar-refractivity contribution in [3.63, 3.8) is 0 Å². The van der Waals surface area contributed by atoms with Gasteiger partial charge in [0.2, 0.25) is 5.91 Å². The molecule has 0 aromatic rings. The first-order valence-corrected chi connectivity index (χ1v) is 9.15. The number of imide groups is 1. The monoisotopic (exact) mass is 431 g/mol. The number of hydrogen-bond donors (Lipinski definition) is 1. The van der Waals surface area contributed by atoms with Crippen LogP contribution in [0, 0.1) is 0 Å². The molecule has 0 radical (unpaired) electrons. The molecule has 26 heavy (non-hydrogen) atoms. The summed E-state index contributed by atoms with van der Waals surface area (Å²) in [6.45, 7) is 5.49. The molecule has 8 nitrogen and oxygen atoms in total. The molecule has 1 rings (SSSR count). The van der Waals surface area contributed by atoms with Crippen LogP contribution in [-0.4, -0.2) is 65.9 Å². The van der Waals surface area contributed by atoms with Crippen LogP contribution in [0.15, 0.2) is 10.6 Å². The number of hydrogen-bond acceptors (Lipinski definition) is 5. The maximum Gasteiger partial charge on any atom is 0.408 e. The summed E-state index contributed by atoms with van der Waals surface area (Å²) < 4.78 is 5.44. The average molecular weight is 432 g/mol. The maximum atomic E-state index is 12.3. The fourth-order valence-electron chi connectivity index (χ4n) is 2.33. The quantitative estimate of drug-likeness (QED) is 0.489. The second kappa shape index (κ2) is 9.16. The fourth-order valence-corrected chi connectivity index (χ4v) is 2.74. The molecule has 1 N–H and O–H groups in total. The first-order chi connectivity index (χ1) is 11.9. The third-order valence-corrected chi connectivity index (χ3v) is 4.09. The predicted octanol–water partition coefficient (Wildman–Crippen LogP) is 1.79. The normalized spacial score (nSPS) is 15.6. The van der Waals surface area contributed by atoms with Gasteiger partial charge in [-0.05, 0) is 56.0 Å². The lowest BCUT2D eigenvalue weighted by atomic mass is 10.1. The zero-order valence-electron chi connectivity index (χ0n) is 15.8. The minimum absolute atomic E-state index is 0.242. The molecule has 0 aromatic carbocycles. The van der Waals surface area contributed by atoms with Gasteiger partial charge in [0.15, 0.2) is 0 Å². The summed E-state index contributed by atoms with van der Waals surface area (Å²) in [5, 5.41) is 2.59. The Kier molecular flexibility index (Phi) is 7.80. The van der Waals surface area contributed by atoms with Gasteiger partial charge in [-0.1, -0.05) is 0 Å². The number of unbranched alkanes of at least 4 members (excludes halogenated alkanes) is 1. The molecule has 0 aliphatic carbocycles. The van der Waals surface area contributed by atoms with E-state index in [9.17, 15) is 19.2 Å². The maximum absolute atomic E-state index is 12.3. The molecule has 0 bridgehead atoms. The molecular weight excluding hydrogens is 406 g/mol. The lowest BCUT2D eigenvalue weighted by Crippen LogP contribution is -2.47. The number of likely N-dealkylation sites (N-methyl/N-ethyl adjacent to an activating group) is 1. The van der Waals surface area contributed by atoms with Crippen molar-refractivity contribution in [3.05, 3.63) is 10.6 Å². The van der Waals surface area contributed by atoms with Gasteiger partial charge in [0, 0.05) is 26.7 Å². The molecule has 9 heteroatoms. The Morgan fingerprint density at radius 2 is 1.88 bits per heavy atom. The van der Waals surface area contributed by atoms with Crippen molar-refractivity contribution in [3.8, 4) is 0 Å². The van der Waals surface area contributed by atoms with Gasteiger partial charge in [0.25, 0.3) is 11.8 Å². The molecule has 4 amide bonds. The molecule has 146 valence electrons. The van der Waals surface area contributed by atoms with Gasteiger partial charge in [-0.25, -0.2) is 4.79 Å². The third kappa shape index (κ3) is 6.78. The van der Waals surface area contributed by atoms with Crippen LogP contribution in [0.2, 0.25) is 0 Å². The van der Waals surface area contributed by atoms with Crippen LogP contribution >= 0.6 is 15.9 Å². The Hall–Kier alpha value is -1.90. The molecule has 0 saturated heterocycles. The van der Waals surface area contributed by atoms with E-state index in [0.29, 0.717) is 19.3 Å². The molecule has 0 aromatic heterocycles. The van der Waals surface area contributed by atoms with Gasteiger partial charge in [0.1, 0.15) is 11.6 Å². The number of carbonyl (C=O) groups excluding carboxylic acids is 4. The van der Waals surface area contributed by atoms with Crippen molar-refractivity contribution < 1.29 is 23.9 Å². The highest BCUT2D eigenvalue weighted by Gasteiger charge is 2.29. The average Bonchev–Trinajstić information content (AvgIpc) is 2.73. The van der Waals surface area contributed by atoms with Crippen LogP contribution in [-0.2, 0) is 19.1 Å². The molecule has 0 fully saturated rings. The van der Waals surface area contributed by atoms with Gasteiger partial charge in [-0.3, -0.25) is 19.3 Å². The molecule has 0 saturated carbocycles. The van der Waals surface area contributed by atoms with Crippen molar-refractivity contribution in [2.45, 2.75) is 51.7 Å². The van der Waals surface area contributed by atoms with E-state index in [4.69, 9.17) is 4.74 Å². The summed E-state index contributed by atoms with van der Waals surface area (Å²) in [6, 6.07) is -0.727. The van der Waals surface area contributed by atoms with Gasteiger partial charge in [0.05, 0.1) is 4.48 Å². The second-order valence-electron chi connectivity index (χ2n) is 7.21. The number of carbonyl (C=O) groups is 4. The predicted molar refractivity (Wildman–Crippen MR) is 99.4 cm³/mol. The van der Waals surface area contributed by atoms with Crippen LogP contribution in [0.4, 0.5) is 4.79 Å². The highest BCUT2D eigenvalue weighted by atomic mass is 79.9. The van der Waals surface area contributed by atoms with Crippen molar-refractivity contribution in [2.24, 2.45) is 0 Å². The zero-order valence-corrected chi connectivity index (χ0v) is 17.4. The Morgan fingerprint density at radius 3 is 2.35 bits per heavy atom. The van der Waals surface area contributed by atoms with E-state index in [2.05, 4.69) is 21.2 Å². The van der Waals surface area contributed by atoms with Gasteiger partial charge in [-0.15, -0.1) is 0 Å². The standard InChI is InChI=1S/C17H26BrN3O5/c1-17(2,3)26-16(25)19-12(15(24)20(4)5)8-6-7-9-21-13(22)10-11(18)14(21)23/h10,12H,6-9H2,1-5H3,(H,19,25)/t12-/m0/s1. The Balaban J connectivity index is 2.54. The molecule has 1 aliphatic heterocycles. The molecule has 1 heterocycles. The topological polar surface area (TPSA) is 96.0 Å². The van der Waals surface area contributed by atoms with E-state index < -0.39 is 17.7 Å². The minimum atomic E-state index is -0.727. The highest BCUT2D eigenvalue weighted by Crippen LogP contribution is 2.19. The van der Waals surface area contributed by atoms with Crippen LogP contribution in [0.3, 0.4) is 0 Å². The molecule has 1 aliphatic rings. The van der Waals surface area contributed by atoms with E-state index in [1.165, 1.54) is 11.0 Å². The summed E-state index contributed by atoms with van der Waals surface area (Å²) in [6.07, 6.45) is 2.04. The number of alkyl carbamates (subject to hydrolysis) is 1. The molecule has 0 spiro atoms. The van der Waals surface area contributed by atoms with Crippen LogP contribution < -0.4 is 5.32 Å². The van der Waals surface area contributed by atoms with Gasteiger partial charge < -0.3 is 15.0 Å². The van der Waals surface area contributed by atoms with Crippen molar-refractivity contribution in [2.75, 3.05) is 20.6 Å². The number of amides is 4. The Morgan fingerprint density at radius 1 is 1.27 bits per heavy atom. The highest BCUT2D eigenvalue weighted by molar-refractivity contribution is 9.12. The summed E-state index contributed by atoms with van der Waals surface area (Å²) in [7, 11) is 3.22. The SMILES string of the molecule is CN(C)C(=O)[C@H](CCCCN1C(=O)C=C(Br)C1=O)NC(=O)OC(C)(C)C. The first kappa shape index (κ1) is 22.1. The van der Waals surface area contributed by atoms with E-state index in [1.807, 2.05) is 0 Å². The summed E-state index contributed by atoms with van der Waals surface area (Å²) in [5.74, 6) is -0.953. The largest absolute Gasteiger partial charge is 0.444 e. The van der Waals surface area contributed by atoms with Crippen molar-refractivity contribution in [1.29, 1.82) is 0 Å². The Labute approximate surface area is 162 Å². The van der Waals surface area contributed by atoms with Crippen LogP contribution in [0.1, 0.15) is 40.0 Å². The minimum Gasteiger partial charge on any atom is -0.444 e. The van der Waals surface area contributed by atoms with Gasteiger partial charge in [-0.2, -0.15) is 0 Å². The summed E-state index contributed by atoms with van der Waals surface area (Å²) in [5.41, 5.74) is -0.660. The third-order valence-electron chi connectivity index (χ3n) is 3.52. The molecule has 1 atom stereocenters. The number of nitrogens with zero attached hydrogens (tertiary/aromatic N) is 2. The lowest BCUT2D eigenvalue weighted by molar-refractivity contribution is -0.137.